The summed E-state index contributed by atoms with van der Waals surface area (Å²) in [7, 11) is 1.43. The van der Waals surface area contributed by atoms with Gasteiger partial charge in [0.25, 0.3) is 0 Å². The minimum absolute atomic E-state index is 0.0272. The number of nitrogens with zero attached hydrogens (tertiary/aromatic N) is 2. The van der Waals surface area contributed by atoms with Crippen molar-refractivity contribution in [2.75, 3.05) is 12.8 Å². The molecule has 0 atom stereocenters. The molecule has 0 unspecified atom stereocenters. The number of nitrogens with two attached hydrogens (primary N) is 1. The Kier molecular flexibility index (Phi) is 4.23. The lowest BCUT2D eigenvalue weighted by Gasteiger charge is -2.06. The highest BCUT2D eigenvalue weighted by atomic mass is 35.5. The van der Waals surface area contributed by atoms with Crippen molar-refractivity contribution in [3.8, 4) is 5.75 Å². The molecule has 0 aromatic carbocycles. The van der Waals surface area contributed by atoms with Crippen molar-refractivity contribution < 1.29 is 9.13 Å². The third-order valence-corrected chi connectivity index (χ3v) is 1.95. The van der Waals surface area contributed by atoms with Crippen molar-refractivity contribution >= 4 is 23.0 Å². The van der Waals surface area contributed by atoms with Crippen LogP contribution in [0.3, 0.4) is 0 Å². The lowest BCUT2D eigenvalue weighted by Crippen LogP contribution is -2.02. The lowest BCUT2D eigenvalue weighted by molar-refractivity contribution is 0.413. The predicted molar refractivity (Wildman–Crippen MR) is 66.2 cm³/mol. The Balaban J connectivity index is 3.26. The van der Waals surface area contributed by atoms with Crippen molar-refractivity contribution in [3.63, 3.8) is 0 Å². The molecule has 4 nitrogen and oxygen atoms in total. The summed E-state index contributed by atoms with van der Waals surface area (Å²) in [5.41, 5.74) is 5.62. The van der Waals surface area contributed by atoms with Gasteiger partial charge in [0.2, 0.25) is 0 Å². The fourth-order valence-corrected chi connectivity index (χ4v) is 1.20. The van der Waals surface area contributed by atoms with Gasteiger partial charge < -0.3 is 10.5 Å². The van der Waals surface area contributed by atoms with Crippen molar-refractivity contribution in [2.45, 2.75) is 0 Å². The van der Waals surface area contributed by atoms with Gasteiger partial charge in [-0.05, 0) is 6.08 Å². The van der Waals surface area contributed by atoms with Crippen molar-refractivity contribution in [2.24, 2.45) is 0 Å². The highest BCUT2D eigenvalue weighted by Gasteiger charge is 2.12. The van der Waals surface area contributed by atoms with E-state index >= 15 is 0 Å². The van der Waals surface area contributed by atoms with E-state index < -0.39 is 5.83 Å². The molecule has 90 valence electrons. The summed E-state index contributed by atoms with van der Waals surface area (Å²) in [6.45, 7) is 6.60. The molecule has 1 aromatic rings. The van der Waals surface area contributed by atoms with Crippen LogP contribution in [0.5, 0.6) is 5.75 Å². The van der Waals surface area contributed by atoms with Crippen molar-refractivity contribution in [1.29, 1.82) is 0 Å². The van der Waals surface area contributed by atoms with E-state index in [2.05, 4.69) is 23.1 Å². The van der Waals surface area contributed by atoms with E-state index in [-0.39, 0.29) is 22.2 Å². The first-order valence-electron chi connectivity index (χ1n) is 4.53. The summed E-state index contributed by atoms with van der Waals surface area (Å²) in [4.78, 5) is 7.79. The number of methoxy groups -OCH3 is 1. The van der Waals surface area contributed by atoms with Crippen LogP contribution in [0, 0.1) is 0 Å². The van der Waals surface area contributed by atoms with Gasteiger partial charge in [-0.3, -0.25) is 0 Å². The number of rotatable bonds is 4. The lowest BCUT2D eigenvalue weighted by atomic mass is 10.2. The summed E-state index contributed by atoms with van der Waals surface area (Å²) >= 11 is 5.57. The van der Waals surface area contributed by atoms with Crippen LogP contribution in [0.15, 0.2) is 36.3 Å². The molecule has 0 spiro atoms. The van der Waals surface area contributed by atoms with Gasteiger partial charge >= 0.3 is 0 Å². The minimum atomic E-state index is -0.726. The molecule has 0 amide bonds. The van der Waals surface area contributed by atoms with Gasteiger partial charge in [-0.1, -0.05) is 24.8 Å². The SMILES string of the molecule is C=C(Cl)/C=C(\C(=C)F)c1ncc(OC)c(N)n1. The van der Waals surface area contributed by atoms with Crippen LogP contribution >= 0.6 is 11.6 Å². The van der Waals surface area contributed by atoms with Crippen molar-refractivity contribution in [3.05, 3.63) is 42.1 Å². The zero-order chi connectivity index (χ0) is 13.0. The van der Waals surface area contributed by atoms with Crippen LogP contribution in [0.1, 0.15) is 5.82 Å². The van der Waals surface area contributed by atoms with Gasteiger partial charge in [-0.2, -0.15) is 0 Å². The molecule has 1 heterocycles. The number of nitrogen functional groups attached to an aromatic ring is 1. The second kappa shape index (κ2) is 5.45. The van der Waals surface area contributed by atoms with E-state index in [0.29, 0.717) is 5.75 Å². The first-order valence-corrected chi connectivity index (χ1v) is 4.91. The summed E-state index contributed by atoms with van der Waals surface area (Å²) in [6, 6.07) is 0. The number of halogens is 2. The van der Waals surface area contributed by atoms with E-state index in [9.17, 15) is 4.39 Å². The zero-order valence-corrected chi connectivity index (χ0v) is 9.96. The number of allylic oxidation sites excluding steroid dienone is 4. The Labute approximate surface area is 103 Å². The molecule has 0 fully saturated rings. The molecule has 17 heavy (non-hydrogen) atoms. The zero-order valence-electron chi connectivity index (χ0n) is 9.20. The van der Waals surface area contributed by atoms with Crippen molar-refractivity contribution in [1.82, 2.24) is 9.97 Å². The first-order chi connectivity index (χ1) is 7.95. The van der Waals surface area contributed by atoms with Crippen LogP contribution in [0.25, 0.3) is 5.57 Å². The summed E-state index contributed by atoms with van der Waals surface area (Å²) in [5, 5.41) is 0.136. The number of anilines is 1. The normalized spacial score (nSPS) is 11.1. The van der Waals surface area contributed by atoms with E-state index in [1.54, 1.807) is 0 Å². The largest absolute Gasteiger partial charge is 0.491 e. The highest BCUT2D eigenvalue weighted by molar-refractivity contribution is 6.31. The van der Waals surface area contributed by atoms with E-state index in [1.807, 2.05) is 0 Å². The average molecular weight is 256 g/mol. The molecule has 0 saturated carbocycles. The summed E-state index contributed by atoms with van der Waals surface area (Å²) in [6.07, 6.45) is 2.61. The maximum absolute atomic E-state index is 13.2. The first kappa shape index (κ1) is 13.2. The summed E-state index contributed by atoms with van der Waals surface area (Å²) in [5.74, 6) is -0.249. The molecule has 6 heteroatoms. The van der Waals surface area contributed by atoms with E-state index in [4.69, 9.17) is 22.1 Å². The van der Waals surface area contributed by atoms with E-state index in [1.165, 1.54) is 19.4 Å². The minimum Gasteiger partial charge on any atom is -0.491 e. The standard InChI is InChI=1S/C11H11ClFN3O/c1-6(12)4-8(7(2)13)11-15-5-9(17-3)10(14)16-11/h4-5H,1-2H2,3H3,(H2,14,15,16)/b8-4+. The Bertz CT molecular complexity index is 499. The number of hydrogen-bond donors (Lipinski definition) is 1. The molecular weight excluding hydrogens is 245 g/mol. The fourth-order valence-electron chi connectivity index (χ4n) is 1.09. The topological polar surface area (TPSA) is 61.0 Å². The second-order valence-electron chi connectivity index (χ2n) is 3.06. The van der Waals surface area contributed by atoms with Gasteiger partial charge in [-0.15, -0.1) is 0 Å². The molecule has 0 radical (unpaired) electrons. The Hall–Kier alpha value is -1.88. The maximum atomic E-state index is 13.2. The van der Waals surface area contributed by atoms with Gasteiger partial charge in [0, 0.05) is 5.03 Å². The van der Waals surface area contributed by atoms with Gasteiger partial charge in [0.1, 0.15) is 5.83 Å². The molecule has 1 rings (SSSR count). The maximum Gasteiger partial charge on any atom is 0.179 e. The molecular formula is C11H11ClFN3O. The molecule has 0 aliphatic carbocycles. The van der Waals surface area contributed by atoms with Gasteiger partial charge in [0.05, 0.1) is 18.9 Å². The van der Waals surface area contributed by atoms with Crippen LogP contribution in [-0.4, -0.2) is 17.1 Å². The van der Waals surface area contributed by atoms with Crippen LogP contribution in [0.4, 0.5) is 10.2 Å². The number of aromatic nitrogens is 2. The molecule has 1 aromatic heterocycles. The molecule has 0 bridgehead atoms. The Morgan fingerprint density at radius 3 is 2.65 bits per heavy atom. The quantitative estimate of drug-likeness (QED) is 0.841. The molecule has 0 aliphatic heterocycles. The third kappa shape index (κ3) is 3.29. The molecule has 0 aliphatic rings. The summed E-state index contributed by atoms with van der Waals surface area (Å²) < 4.78 is 18.1. The van der Waals surface area contributed by atoms with Crippen LogP contribution in [-0.2, 0) is 0 Å². The molecule has 0 saturated heterocycles. The average Bonchev–Trinajstić information content (AvgIpc) is 2.25. The number of ether oxygens (including phenoxy) is 1. The van der Waals surface area contributed by atoms with Gasteiger partial charge in [-0.25, -0.2) is 14.4 Å². The van der Waals surface area contributed by atoms with E-state index in [0.717, 1.165) is 0 Å². The van der Waals surface area contributed by atoms with Gasteiger partial charge in [0.15, 0.2) is 17.4 Å². The smallest absolute Gasteiger partial charge is 0.179 e. The third-order valence-electron chi connectivity index (χ3n) is 1.84. The number of hydrogen-bond acceptors (Lipinski definition) is 4. The fraction of sp³-hybridized carbons (Fsp3) is 0.0909. The Morgan fingerprint density at radius 1 is 1.59 bits per heavy atom. The Morgan fingerprint density at radius 2 is 2.24 bits per heavy atom. The predicted octanol–water partition coefficient (Wildman–Crippen LogP) is 2.69. The molecule has 2 N–H and O–H groups in total. The highest BCUT2D eigenvalue weighted by Crippen LogP contribution is 2.25. The monoisotopic (exact) mass is 255 g/mol. The van der Waals surface area contributed by atoms with Crippen LogP contribution < -0.4 is 10.5 Å². The second-order valence-corrected chi connectivity index (χ2v) is 3.54. The van der Waals surface area contributed by atoms with Crippen LogP contribution in [0.2, 0.25) is 0 Å².